The molecule has 0 heterocycles. The van der Waals surface area contributed by atoms with Crippen molar-refractivity contribution in [1.82, 2.24) is 0 Å². The number of nitrogens with two attached hydrogens (primary N) is 1. The molecule has 0 saturated heterocycles. The third kappa shape index (κ3) is 4.12. The Bertz CT molecular complexity index is 367. The zero-order valence-corrected chi connectivity index (χ0v) is 8.08. The van der Waals surface area contributed by atoms with Crippen LogP contribution in [0.5, 0.6) is 0 Å². The van der Waals surface area contributed by atoms with E-state index in [2.05, 4.69) is 20.0 Å². The topological polar surface area (TPSA) is 96.4 Å². The molecule has 6 nitrogen and oxygen atoms in total. The number of benzene rings is 1. The number of azide groups is 1. The lowest BCUT2D eigenvalue weighted by molar-refractivity contribution is 0.153. The second kappa shape index (κ2) is 6.42. The van der Waals surface area contributed by atoms with E-state index in [-0.39, 0.29) is 6.73 Å². The lowest BCUT2D eigenvalue weighted by Crippen LogP contribution is -1.99. The molecule has 0 radical (unpaired) electrons. The maximum atomic E-state index is 8.13. The molecule has 1 rings (SSSR count). The minimum Gasteiger partial charge on any atom is -0.380 e. The zero-order chi connectivity index (χ0) is 10.9. The smallest absolute Gasteiger partial charge is 0.165 e. The number of rotatable bonds is 5. The fourth-order valence-corrected chi connectivity index (χ4v) is 0.964. The highest BCUT2D eigenvalue weighted by Gasteiger charge is 1.91. The quantitative estimate of drug-likeness (QED) is 0.198. The Morgan fingerprint density at radius 1 is 1.40 bits per heavy atom. The van der Waals surface area contributed by atoms with E-state index in [0.717, 1.165) is 11.1 Å². The average Bonchev–Trinajstić information content (AvgIpc) is 2.28. The van der Waals surface area contributed by atoms with Crippen LogP contribution in [0.3, 0.4) is 0 Å². The summed E-state index contributed by atoms with van der Waals surface area (Å²) in [6, 6.07) is 7.42. The molecule has 1 aromatic rings. The van der Waals surface area contributed by atoms with Crippen LogP contribution in [0.25, 0.3) is 10.4 Å². The molecule has 0 saturated carbocycles. The van der Waals surface area contributed by atoms with Gasteiger partial charge < -0.3 is 4.84 Å². The molecule has 0 unspecified atom stereocenters. The van der Waals surface area contributed by atoms with Crippen LogP contribution in [0, 0.1) is 0 Å². The van der Waals surface area contributed by atoms with Gasteiger partial charge >= 0.3 is 0 Å². The molecule has 0 aromatic heterocycles. The van der Waals surface area contributed by atoms with Crippen LogP contribution in [-0.4, -0.2) is 12.9 Å². The molecule has 0 aliphatic heterocycles. The van der Waals surface area contributed by atoms with E-state index in [0.29, 0.717) is 6.54 Å². The van der Waals surface area contributed by atoms with Gasteiger partial charge in [-0.3, -0.25) is 5.73 Å². The summed E-state index contributed by atoms with van der Waals surface area (Å²) in [4.78, 5) is 7.29. The Kier molecular flexibility index (Phi) is 4.72. The maximum absolute atomic E-state index is 8.13. The number of nitrogens with zero attached hydrogens (tertiary/aromatic N) is 4. The van der Waals surface area contributed by atoms with Crippen LogP contribution in [0.1, 0.15) is 11.1 Å². The van der Waals surface area contributed by atoms with Crippen LogP contribution in [0.4, 0.5) is 0 Å². The van der Waals surface area contributed by atoms with E-state index >= 15 is 0 Å². The van der Waals surface area contributed by atoms with Crippen molar-refractivity contribution in [1.29, 1.82) is 0 Å². The Morgan fingerprint density at radius 3 is 2.73 bits per heavy atom. The number of oxime groups is 1. The Morgan fingerprint density at radius 2 is 2.13 bits per heavy atom. The molecule has 1 aromatic carbocycles. The van der Waals surface area contributed by atoms with Gasteiger partial charge in [0.15, 0.2) is 6.73 Å². The Labute approximate surface area is 87.0 Å². The molecule has 15 heavy (non-hydrogen) atoms. The monoisotopic (exact) mass is 205 g/mol. The molecule has 0 aliphatic rings. The van der Waals surface area contributed by atoms with Gasteiger partial charge in [-0.05, 0) is 16.7 Å². The first kappa shape index (κ1) is 11.0. The summed E-state index contributed by atoms with van der Waals surface area (Å²) in [5.41, 5.74) is 15.1. The SMILES string of the molecule is [N-]=[N+]=NCc1ccc(C=NOCN)cc1. The number of hydrogen-bond acceptors (Lipinski definition) is 4. The molecule has 0 atom stereocenters. The molecule has 0 fully saturated rings. The molecule has 78 valence electrons. The summed E-state index contributed by atoms with van der Waals surface area (Å²) >= 11 is 0. The lowest BCUT2D eigenvalue weighted by Gasteiger charge is -1.96. The normalized spacial score (nSPS) is 9.93. The van der Waals surface area contributed by atoms with Crippen LogP contribution < -0.4 is 5.73 Å². The summed E-state index contributed by atoms with van der Waals surface area (Å²) in [7, 11) is 0. The molecule has 6 heteroatoms. The fraction of sp³-hybridized carbons (Fsp3) is 0.222. The van der Waals surface area contributed by atoms with Gasteiger partial charge in [-0.2, -0.15) is 0 Å². The molecule has 0 bridgehead atoms. The lowest BCUT2D eigenvalue weighted by atomic mass is 10.1. The largest absolute Gasteiger partial charge is 0.380 e. The van der Waals surface area contributed by atoms with Crippen LogP contribution in [0.2, 0.25) is 0 Å². The molecular weight excluding hydrogens is 194 g/mol. The van der Waals surface area contributed by atoms with Crippen molar-refractivity contribution in [3.05, 3.63) is 45.8 Å². The standard InChI is InChI=1S/C9H11N5O/c10-7-15-13-6-9-3-1-8(2-4-9)5-12-14-11/h1-4,6H,5,7,10H2. The van der Waals surface area contributed by atoms with Crippen molar-refractivity contribution in [2.24, 2.45) is 16.0 Å². The Balaban J connectivity index is 2.59. The second-order valence-electron chi connectivity index (χ2n) is 2.66. The predicted octanol–water partition coefficient (Wildman–Crippen LogP) is 1.76. The maximum Gasteiger partial charge on any atom is 0.165 e. The molecular formula is C9H11N5O. The Hall–Kier alpha value is -2.04. The van der Waals surface area contributed by atoms with E-state index in [1.165, 1.54) is 0 Å². The van der Waals surface area contributed by atoms with Crippen molar-refractivity contribution in [2.75, 3.05) is 6.73 Å². The summed E-state index contributed by atoms with van der Waals surface area (Å²) < 4.78 is 0. The van der Waals surface area contributed by atoms with Crippen molar-refractivity contribution in [3.63, 3.8) is 0 Å². The minimum absolute atomic E-state index is 0.0610. The van der Waals surface area contributed by atoms with Gasteiger partial charge in [-0.25, -0.2) is 0 Å². The van der Waals surface area contributed by atoms with Crippen molar-refractivity contribution < 1.29 is 4.84 Å². The molecule has 0 spiro atoms. The van der Waals surface area contributed by atoms with E-state index in [1.807, 2.05) is 24.3 Å². The summed E-state index contributed by atoms with van der Waals surface area (Å²) in [6.07, 6.45) is 1.56. The minimum atomic E-state index is 0.0610. The highest BCUT2D eigenvalue weighted by Crippen LogP contribution is 2.04. The average molecular weight is 205 g/mol. The third-order valence-corrected chi connectivity index (χ3v) is 1.65. The summed E-state index contributed by atoms with van der Waals surface area (Å²) in [5, 5.41) is 7.07. The van der Waals surface area contributed by atoms with Crippen molar-refractivity contribution in [2.45, 2.75) is 6.54 Å². The van der Waals surface area contributed by atoms with Gasteiger partial charge in [0.05, 0.1) is 12.8 Å². The highest BCUT2D eigenvalue weighted by atomic mass is 16.6. The van der Waals surface area contributed by atoms with Crippen molar-refractivity contribution in [3.8, 4) is 0 Å². The first-order valence-corrected chi connectivity index (χ1v) is 4.32. The predicted molar refractivity (Wildman–Crippen MR) is 57.0 cm³/mol. The van der Waals surface area contributed by atoms with E-state index in [1.54, 1.807) is 6.21 Å². The van der Waals surface area contributed by atoms with E-state index in [4.69, 9.17) is 11.3 Å². The van der Waals surface area contributed by atoms with Crippen LogP contribution in [-0.2, 0) is 11.4 Å². The van der Waals surface area contributed by atoms with Crippen LogP contribution >= 0.6 is 0 Å². The molecule has 0 aliphatic carbocycles. The summed E-state index contributed by atoms with van der Waals surface area (Å²) in [5.74, 6) is 0. The first-order valence-electron chi connectivity index (χ1n) is 4.32. The van der Waals surface area contributed by atoms with Gasteiger partial charge in [0.25, 0.3) is 0 Å². The second-order valence-corrected chi connectivity index (χ2v) is 2.66. The molecule has 2 N–H and O–H groups in total. The third-order valence-electron chi connectivity index (χ3n) is 1.65. The summed E-state index contributed by atoms with van der Waals surface area (Å²) in [6.45, 7) is 0.415. The van der Waals surface area contributed by atoms with Gasteiger partial charge in [0.1, 0.15) is 0 Å². The fourth-order valence-electron chi connectivity index (χ4n) is 0.964. The molecule has 0 amide bonds. The highest BCUT2D eigenvalue weighted by molar-refractivity contribution is 5.79. The van der Waals surface area contributed by atoms with Crippen LogP contribution in [0.15, 0.2) is 34.5 Å². The zero-order valence-electron chi connectivity index (χ0n) is 8.08. The van der Waals surface area contributed by atoms with E-state index in [9.17, 15) is 0 Å². The van der Waals surface area contributed by atoms with Gasteiger partial charge in [0.2, 0.25) is 0 Å². The van der Waals surface area contributed by atoms with Gasteiger partial charge in [-0.15, -0.1) is 0 Å². The van der Waals surface area contributed by atoms with Crippen molar-refractivity contribution >= 4 is 6.21 Å². The van der Waals surface area contributed by atoms with Gasteiger partial charge in [0, 0.05) is 4.91 Å². The van der Waals surface area contributed by atoms with Gasteiger partial charge in [-0.1, -0.05) is 34.5 Å². The first-order chi connectivity index (χ1) is 7.36. The number of hydrogen-bond donors (Lipinski definition) is 1. The van der Waals surface area contributed by atoms with E-state index < -0.39 is 0 Å².